The molecule has 0 aliphatic carbocycles. The Bertz CT molecular complexity index is 1720. The van der Waals surface area contributed by atoms with Crippen molar-refractivity contribution >= 4 is 29.7 Å². The molecule has 0 radical (unpaired) electrons. The standard InChI is InChI=1S/C35H29NO9/c37-28-15-11-22(12-16-28)18-29-31(35(43)45-21-24-9-13-26(14-10-24)33(40)41)36(32(29)39)30(38)19-25-7-4-8-27(17-25)34(42)44-20-23-5-2-1-3-6-23/h1-17,29,31,37H,18-21H2,(H,40,41)/t29-,31-/m1/s1. The monoisotopic (exact) mass is 607 g/mol. The van der Waals surface area contributed by atoms with Crippen molar-refractivity contribution in [3.8, 4) is 5.75 Å². The molecule has 5 rings (SSSR count). The molecule has 10 nitrogen and oxygen atoms in total. The van der Waals surface area contributed by atoms with Gasteiger partial charge in [0.2, 0.25) is 11.8 Å². The number of phenolic OH excluding ortho intramolecular Hbond substituents is 1. The minimum absolute atomic E-state index is 0.0477. The van der Waals surface area contributed by atoms with E-state index < -0.39 is 41.7 Å². The molecule has 0 spiro atoms. The van der Waals surface area contributed by atoms with Crippen LogP contribution in [0.15, 0.2) is 103 Å². The summed E-state index contributed by atoms with van der Waals surface area (Å²) in [4.78, 5) is 64.7. The Morgan fingerprint density at radius 3 is 2.00 bits per heavy atom. The van der Waals surface area contributed by atoms with Crippen LogP contribution in [-0.2, 0) is 49.9 Å². The number of hydrogen-bond donors (Lipinski definition) is 2. The van der Waals surface area contributed by atoms with Crippen LogP contribution in [0.25, 0.3) is 0 Å². The van der Waals surface area contributed by atoms with Gasteiger partial charge in [-0.1, -0.05) is 66.7 Å². The van der Waals surface area contributed by atoms with E-state index >= 15 is 0 Å². The van der Waals surface area contributed by atoms with Gasteiger partial charge in [-0.3, -0.25) is 14.5 Å². The average molecular weight is 608 g/mol. The van der Waals surface area contributed by atoms with Crippen LogP contribution in [0, 0.1) is 5.92 Å². The third-order valence-electron chi connectivity index (χ3n) is 7.43. The lowest BCUT2D eigenvalue weighted by Gasteiger charge is -2.44. The molecule has 1 saturated heterocycles. The van der Waals surface area contributed by atoms with Crippen LogP contribution in [0.5, 0.6) is 5.75 Å². The van der Waals surface area contributed by atoms with E-state index in [0.717, 1.165) is 10.5 Å². The number of carbonyl (C=O) groups excluding carboxylic acids is 4. The first-order valence-corrected chi connectivity index (χ1v) is 14.1. The molecule has 4 aromatic rings. The largest absolute Gasteiger partial charge is 0.508 e. The molecule has 4 aromatic carbocycles. The lowest BCUT2D eigenvalue weighted by molar-refractivity contribution is -0.180. The summed E-state index contributed by atoms with van der Waals surface area (Å²) in [6.07, 6.45) is -0.114. The third kappa shape index (κ3) is 7.42. The molecule has 1 fully saturated rings. The Labute approximate surface area is 258 Å². The molecule has 1 aliphatic heterocycles. The van der Waals surface area contributed by atoms with Crippen LogP contribution >= 0.6 is 0 Å². The number of aromatic hydroxyl groups is 1. The molecule has 45 heavy (non-hydrogen) atoms. The minimum Gasteiger partial charge on any atom is -0.508 e. The SMILES string of the molecule is O=C(O)c1ccc(COC(=O)[C@H]2[C@@H](Cc3ccc(O)cc3)C(=O)N2C(=O)Cc2cccc(C(=O)OCc3ccccc3)c2)cc1. The topological polar surface area (TPSA) is 148 Å². The first kappa shape index (κ1) is 30.7. The summed E-state index contributed by atoms with van der Waals surface area (Å²) in [5.74, 6) is -4.45. The first-order chi connectivity index (χ1) is 21.7. The van der Waals surface area contributed by atoms with Gasteiger partial charge >= 0.3 is 17.9 Å². The highest BCUT2D eigenvalue weighted by molar-refractivity contribution is 6.09. The summed E-state index contributed by atoms with van der Waals surface area (Å²) < 4.78 is 10.9. The summed E-state index contributed by atoms with van der Waals surface area (Å²) in [6, 6.07) is 26.3. The third-order valence-corrected chi connectivity index (χ3v) is 7.43. The van der Waals surface area contributed by atoms with Gasteiger partial charge < -0.3 is 19.7 Å². The van der Waals surface area contributed by atoms with Crippen LogP contribution in [0.2, 0.25) is 0 Å². The first-order valence-electron chi connectivity index (χ1n) is 14.1. The number of β-lactam (4-membered cyclic amide) rings is 1. The molecule has 0 saturated carbocycles. The molecule has 0 aromatic heterocycles. The Balaban J connectivity index is 1.28. The van der Waals surface area contributed by atoms with Gasteiger partial charge in [0.05, 0.1) is 23.5 Å². The van der Waals surface area contributed by atoms with Crippen molar-refractivity contribution in [1.29, 1.82) is 0 Å². The van der Waals surface area contributed by atoms with Crippen LogP contribution in [0.3, 0.4) is 0 Å². The molecule has 2 N–H and O–H groups in total. The number of carboxylic acids is 1. The van der Waals surface area contributed by atoms with Gasteiger partial charge in [-0.15, -0.1) is 0 Å². The Hall–Kier alpha value is -5.77. The number of likely N-dealkylation sites (tertiary alicyclic amines) is 1. The smallest absolute Gasteiger partial charge is 0.338 e. The van der Waals surface area contributed by atoms with E-state index in [9.17, 15) is 29.1 Å². The number of aromatic carboxylic acids is 1. The molecule has 228 valence electrons. The number of hydrogen-bond acceptors (Lipinski definition) is 8. The quantitative estimate of drug-likeness (QED) is 0.188. The maximum atomic E-state index is 13.4. The van der Waals surface area contributed by atoms with Crippen LogP contribution in [0.1, 0.15) is 43.0 Å². The van der Waals surface area contributed by atoms with E-state index in [1.807, 2.05) is 30.3 Å². The number of carbonyl (C=O) groups is 5. The fourth-order valence-electron chi connectivity index (χ4n) is 5.04. The summed E-state index contributed by atoms with van der Waals surface area (Å²) in [5, 5.41) is 18.7. The molecule has 0 unspecified atom stereocenters. The van der Waals surface area contributed by atoms with Crippen molar-refractivity contribution in [3.05, 3.63) is 137 Å². The van der Waals surface area contributed by atoms with Crippen molar-refractivity contribution < 1.29 is 43.7 Å². The van der Waals surface area contributed by atoms with Gasteiger partial charge in [0, 0.05) is 0 Å². The van der Waals surface area contributed by atoms with Crippen LogP contribution < -0.4 is 0 Å². The van der Waals surface area contributed by atoms with E-state index in [0.29, 0.717) is 16.7 Å². The molecular weight excluding hydrogens is 578 g/mol. The molecule has 1 heterocycles. The number of imide groups is 1. The highest BCUT2D eigenvalue weighted by Gasteiger charge is 2.54. The maximum absolute atomic E-state index is 13.4. The lowest BCUT2D eigenvalue weighted by Crippen LogP contribution is -2.67. The van der Waals surface area contributed by atoms with Gasteiger partial charge in [0.15, 0.2) is 0 Å². The van der Waals surface area contributed by atoms with Crippen LogP contribution in [0.4, 0.5) is 0 Å². The number of benzene rings is 4. The second-order valence-corrected chi connectivity index (χ2v) is 10.6. The van der Waals surface area contributed by atoms with E-state index in [1.165, 1.54) is 42.5 Å². The normalized spacial score (nSPS) is 15.6. The van der Waals surface area contributed by atoms with Gasteiger partial charge in [0.1, 0.15) is 25.0 Å². The summed E-state index contributed by atoms with van der Waals surface area (Å²) in [6.45, 7) is -0.106. The van der Waals surface area contributed by atoms with E-state index in [-0.39, 0.29) is 42.9 Å². The van der Waals surface area contributed by atoms with Gasteiger partial charge in [-0.2, -0.15) is 0 Å². The number of nitrogens with zero attached hydrogens (tertiary/aromatic N) is 1. The van der Waals surface area contributed by atoms with Gasteiger partial charge in [-0.25, -0.2) is 14.4 Å². The fraction of sp³-hybridized carbons (Fsp3) is 0.171. The summed E-state index contributed by atoms with van der Waals surface area (Å²) in [5.41, 5.74) is 2.81. The predicted molar refractivity (Wildman–Crippen MR) is 160 cm³/mol. The highest BCUT2D eigenvalue weighted by atomic mass is 16.5. The molecule has 10 heteroatoms. The zero-order chi connectivity index (χ0) is 31.9. The Morgan fingerprint density at radius 2 is 1.31 bits per heavy atom. The van der Waals surface area contributed by atoms with E-state index in [2.05, 4.69) is 0 Å². The second-order valence-electron chi connectivity index (χ2n) is 10.6. The van der Waals surface area contributed by atoms with Crippen molar-refractivity contribution in [1.82, 2.24) is 4.90 Å². The van der Waals surface area contributed by atoms with Crippen molar-refractivity contribution in [2.24, 2.45) is 5.92 Å². The van der Waals surface area contributed by atoms with Crippen molar-refractivity contribution in [2.45, 2.75) is 32.1 Å². The predicted octanol–water partition coefficient (Wildman–Crippen LogP) is 4.33. The van der Waals surface area contributed by atoms with E-state index in [4.69, 9.17) is 14.6 Å². The molecule has 0 bridgehead atoms. The van der Waals surface area contributed by atoms with Crippen molar-refractivity contribution in [2.75, 3.05) is 0 Å². The number of amides is 2. The summed E-state index contributed by atoms with van der Waals surface area (Å²) in [7, 11) is 0. The van der Waals surface area contributed by atoms with Gasteiger partial charge in [0.25, 0.3) is 0 Å². The van der Waals surface area contributed by atoms with Gasteiger partial charge in [-0.05, 0) is 65.1 Å². The van der Waals surface area contributed by atoms with E-state index in [1.54, 1.807) is 30.3 Å². The molecular formula is C35H29NO9. The number of carboxylic acid groups (broad SMARTS) is 1. The average Bonchev–Trinajstić information content (AvgIpc) is 3.05. The molecule has 2 amide bonds. The zero-order valence-electron chi connectivity index (χ0n) is 24.0. The minimum atomic E-state index is -1.20. The van der Waals surface area contributed by atoms with Crippen molar-refractivity contribution in [3.63, 3.8) is 0 Å². The zero-order valence-corrected chi connectivity index (χ0v) is 24.0. The number of ether oxygens (including phenoxy) is 2. The Kier molecular flexibility index (Phi) is 9.33. The molecule has 2 atom stereocenters. The fourth-order valence-corrected chi connectivity index (χ4v) is 5.04. The Morgan fingerprint density at radius 1 is 0.689 bits per heavy atom. The number of phenols is 1. The molecule has 1 aliphatic rings. The number of rotatable bonds is 11. The highest BCUT2D eigenvalue weighted by Crippen LogP contribution is 2.32. The number of esters is 2. The second kappa shape index (κ2) is 13.7. The summed E-state index contributed by atoms with van der Waals surface area (Å²) >= 11 is 0. The lowest BCUT2D eigenvalue weighted by atomic mass is 9.81. The van der Waals surface area contributed by atoms with Crippen LogP contribution in [-0.4, -0.2) is 50.9 Å². The maximum Gasteiger partial charge on any atom is 0.338 e.